The number of methoxy groups -OCH3 is 1. The summed E-state index contributed by atoms with van der Waals surface area (Å²) in [5.74, 6) is 0.908. The Balaban J connectivity index is 1.25. The van der Waals surface area contributed by atoms with Crippen molar-refractivity contribution >= 4 is 81.2 Å². The standard InChI is InChI=1S/C37H53Br4N3O6/c1-3-4-5-6-7-8-9-10-11-12-13-14-15-17-31(45)42-19-16-21-49-33-27(38)22-26(23-28(33)39)18-20-43-36(47)30-25-37(50-44-30)24-29(40)34(48-2)32(41)35(37)46/h22-24,35,46H,3-21,25H2,1-2H3,(H,42,45)(H,43,47)/t35-,37+/m1/s1. The second kappa shape index (κ2) is 23.3. The van der Waals surface area contributed by atoms with Crippen molar-refractivity contribution in [3.05, 3.63) is 47.4 Å². The van der Waals surface area contributed by atoms with Gasteiger partial charge in [-0.1, -0.05) is 89.1 Å². The Morgan fingerprint density at radius 1 is 0.900 bits per heavy atom. The third-order valence-corrected chi connectivity index (χ3v) is 11.5. The highest BCUT2D eigenvalue weighted by Gasteiger charge is 2.50. The third-order valence-electron chi connectivity index (χ3n) is 8.90. The largest absolute Gasteiger partial charge is 0.495 e. The van der Waals surface area contributed by atoms with Gasteiger partial charge in [-0.15, -0.1) is 0 Å². The van der Waals surface area contributed by atoms with Crippen molar-refractivity contribution in [2.75, 3.05) is 26.8 Å². The minimum Gasteiger partial charge on any atom is -0.495 e. The van der Waals surface area contributed by atoms with Gasteiger partial charge in [-0.3, -0.25) is 9.59 Å². The molecule has 280 valence electrons. The van der Waals surface area contributed by atoms with E-state index in [4.69, 9.17) is 14.3 Å². The number of nitrogens with one attached hydrogen (secondary N) is 2. The molecule has 1 aromatic rings. The molecule has 50 heavy (non-hydrogen) atoms. The molecule has 0 aromatic heterocycles. The normalized spacial score (nSPS) is 18.5. The molecule has 13 heteroatoms. The molecule has 0 bridgehead atoms. The summed E-state index contributed by atoms with van der Waals surface area (Å²) >= 11 is 14.0. The average molecular weight is 955 g/mol. The fraction of sp³-hybridized carbons (Fsp3) is 0.649. The zero-order valence-corrected chi connectivity index (χ0v) is 35.7. The van der Waals surface area contributed by atoms with Gasteiger partial charge in [0.05, 0.1) is 31.6 Å². The molecule has 1 aliphatic carbocycles. The number of amides is 2. The van der Waals surface area contributed by atoms with E-state index < -0.39 is 11.7 Å². The van der Waals surface area contributed by atoms with Gasteiger partial charge in [-0.25, -0.2) is 0 Å². The monoisotopic (exact) mass is 951 g/mol. The molecule has 1 aliphatic heterocycles. The summed E-state index contributed by atoms with van der Waals surface area (Å²) in [5.41, 5.74) is -0.00721. The van der Waals surface area contributed by atoms with Gasteiger partial charge in [-0.05, 0) is 107 Å². The SMILES string of the molecule is CCCCCCCCCCCCCCCC(=O)NCCCOc1c(Br)cc(CCNC(=O)C2=NO[C@@]3(C=C(Br)C(OC)=C(Br)[C@H]3O)C2)cc1Br. The zero-order valence-electron chi connectivity index (χ0n) is 29.4. The van der Waals surface area contributed by atoms with Crippen LogP contribution in [0.15, 0.2) is 47.0 Å². The van der Waals surface area contributed by atoms with E-state index in [2.05, 4.69) is 86.4 Å². The molecule has 1 heterocycles. The highest BCUT2D eigenvalue weighted by atomic mass is 79.9. The maximum atomic E-state index is 12.9. The Hall–Kier alpha value is -1.41. The fourth-order valence-electron chi connectivity index (χ4n) is 6.00. The second-order valence-electron chi connectivity index (χ2n) is 13.0. The van der Waals surface area contributed by atoms with Crippen molar-refractivity contribution in [3.8, 4) is 5.75 Å². The van der Waals surface area contributed by atoms with Crippen LogP contribution in [0, 0.1) is 0 Å². The van der Waals surface area contributed by atoms with Crippen molar-refractivity contribution in [1.29, 1.82) is 0 Å². The molecule has 0 saturated carbocycles. The molecular weight excluding hydrogens is 902 g/mol. The number of unbranched alkanes of at least 4 members (excludes halogenated alkanes) is 12. The van der Waals surface area contributed by atoms with Crippen molar-refractivity contribution in [3.63, 3.8) is 0 Å². The van der Waals surface area contributed by atoms with Crippen LogP contribution >= 0.6 is 63.7 Å². The number of halogens is 4. The van der Waals surface area contributed by atoms with Crippen LogP contribution < -0.4 is 15.4 Å². The molecule has 0 fully saturated rings. The smallest absolute Gasteiger partial charge is 0.269 e. The van der Waals surface area contributed by atoms with Crippen LogP contribution in [-0.2, 0) is 25.6 Å². The lowest BCUT2D eigenvalue weighted by molar-refractivity contribution is -0.121. The Morgan fingerprint density at radius 2 is 1.50 bits per heavy atom. The molecule has 0 radical (unpaired) electrons. The molecule has 3 N–H and O–H groups in total. The molecule has 0 unspecified atom stereocenters. The van der Waals surface area contributed by atoms with Gasteiger partial charge < -0.3 is 30.1 Å². The van der Waals surface area contributed by atoms with Crippen molar-refractivity contribution in [2.24, 2.45) is 5.16 Å². The van der Waals surface area contributed by atoms with Crippen LogP contribution in [-0.4, -0.2) is 61.1 Å². The van der Waals surface area contributed by atoms with Crippen LogP contribution in [0.3, 0.4) is 0 Å². The molecule has 1 aromatic carbocycles. The lowest BCUT2D eigenvalue weighted by Crippen LogP contribution is -2.45. The number of hydrogen-bond acceptors (Lipinski definition) is 7. The number of carbonyl (C=O) groups excluding carboxylic acids is 2. The predicted molar refractivity (Wildman–Crippen MR) is 214 cm³/mol. The van der Waals surface area contributed by atoms with Gasteiger partial charge in [0.25, 0.3) is 5.91 Å². The predicted octanol–water partition coefficient (Wildman–Crippen LogP) is 9.66. The topological polar surface area (TPSA) is 118 Å². The number of nitrogens with zero attached hydrogens (tertiary/aromatic N) is 1. The second-order valence-corrected chi connectivity index (χ2v) is 16.4. The van der Waals surface area contributed by atoms with Crippen molar-refractivity contribution in [1.82, 2.24) is 10.6 Å². The zero-order chi connectivity index (χ0) is 36.4. The summed E-state index contributed by atoms with van der Waals surface area (Å²) in [5, 5.41) is 20.7. The number of rotatable bonds is 24. The van der Waals surface area contributed by atoms with E-state index in [1.165, 1.54) is 77.7 Å². The molecule has 2 aliphatic rings. The van der Waals surface area contributed by atoms with Gasteiger partial charge in [0.15, 0.2) is 5.60 Å². The molecule has 9 nitrogen and oxygen atoms in total. The molecule has 2 amide bonds. The molecule has 1 spiro atoms. The van der Waals surface area contributed by atoms with E-state index in [0.29, 0.717) is 59.4 Å². The molecule has 3 rings (SSSR count). The number of carbonyl (C=O) groups is 2. The van der Waals surface area contributed by atoms with E-state index >= 15 is 0 Å². The minimum atomic E-state index is -1.20. The van der Waals surface area contributed by atoms with Crippen molar-refractivity contribution < 1.29 is 29.0 Å². The number of aliphatic hydroxyl groups excluding tert-OH is 1. The van der Waals surface area contributed by atoms with Crippen LogP contribution in [0.25, 0.3) is 0 Å². The quantitative estimate of drug-likeness (QED) is 0.0889. The Labute approximate surface area is 331 Å². The summed E-state index contributed by atoms with van der Waals surface area (Å²) in [7, 11) is 1.50. The first-order valence-electron chi connectivity index (χ1n) is 18.0. The van der Waals surface area contributed by atoms with Gasteiger partial charge in [-0.2, -0.15) is 0 Å². The van der Waals surface area contributed by atoms with Crippen LogP contribution in [0.5, 0.6) is 5.75 Å². The fourth-order valence-corrected chi connectivity index (χ4v) is 9.30. The first kappa shape index (κ1) is 43.0. The first-order valence-corrected chi connectivity index (χ1v) is 21.2. The minimum absolute atomic E-state index is 0.105. The maximum Gasteiger partial charge on any atom is 0.269 e. The Morgan fingerprint density at radius 3 is 2.10 bits per heavy atom. The highest BCUT2D eigenvalue weighted by molar-refractivity contribution is 9.12. The Kier molecular flexibility index (Phi) is 20.0. The average Bonchev–Trinajstić information content (AvgIpc) is 3.51. The highest BCUT2D eigenvalue weighted by Crippen LogP contribution is 2.44. The van der Waals surface area contributed by atoms with Gasteiger partial charge in [0.2, 0.25) is 5.91 Å². The van der Waals surface area contributed by atoms with E-state index in [9.17, 15) is 14.7 Å². The number of benzene rings is 1. The van der Waals surface area contributed by atoms with Crippen molar-refractivity contribution in [2.45, 2.75) is 128 Å². The van der Waals surface area contributed by atoms with Crippen LogP contribution in [0.2, 0.25) is 0 Å². The number of oxime groups is 1. The summed E-state index contributed by atoms with van der Waals surface area (Å²) in [6.45, 7) is 3.69. The summed E-state index contributed by atoms with van der Waals surface area (Å²) < 4.78 is 13.9. The molecule has 0 saturated heterocycles. The van der Waals surface area contributed by atoms with Crippen LogP contribution in [0.1, 0.15) is 115 Å². The first-order chi connectivity index (χ1) is 24.1. The third kappa shape index (κ3) is 13.9. The number of hydrogen-bond donors (Lipinski definition) is 3. The van der Waals surface area contributed by atoms with Crippen LogP contribution in [0.4, 0.5) is 0 Å². The summed E-state index contributed by atoms with van der Waals surface area (Å²) in [6.07, 6.45) is 19.4. The van der Waals surface area contributed by atoms with E-state index in [-0.39, 0.29) is 23.9 Å². The van der Waals surface area contributed by atoms with E-state index in [1.54, 1.807) is 6.08 Å². The molecular formula is C37H53Br4N3O6. The van der Waals surface area contributed by atoms with Gasteiger partial charge >= 0.3 is 0 Å². The summed E-state index contributed by atoms with van der Waals surface area (Å²) in [6, 6.07) is 3.93. The maximum absolute atomic E-state index is 12.9. The lowest BCUT2D eigenvalue weighted by Gasteiger charge is -2.33. The summed E-state index contributed by atoms with van der Waals surface area (Å²) in [4.78, 5) is 30.7. The number of aliphatic hydroxyl groups is 1. The van der Waals surface area contributed by atoms with E-state index in [0.717, 1.165) is 27.4 Å². The number of allylic oxidation sites excluding steroid dienone is 1. The lowest BCUT2D eigenvalue weighted by atomic mass is 9.87. The van der Waals surface area contributed by atoms with Gasteiger partial charge in [0, 0.05) is 25.9 Å². The van der Waals surface area contributed by atoms with Gasteiger partial charge in [0.1, 0.15) is 23.3 Å². The number of ether oxygens (including phenoxy) is 2. The molecule has 2 atom stereocenters. The van der Waals surface area contributed by atoms with E-state index in [1.807, 2.05) is 12.1 Å². The Bertz CT molecular complexity index is 1330.